The van der Waals surface area contributed by atoms with Crippen LogP contribution in [0.5, 0.6) is 0 Å². The maximum atomic E-state index is 4.66. The Morgan fingerprint density at radius 1 is 1.14 bits per heavy atom. The van der Waals surface area contributed by atoms with Crippen LogP contribution in [-0.2, 0) is 12.8 Å². The Bertz CT molecular complexity index is 756. The summed E-state index contributed by atoms with van der Waals surface area (Å²) in [5.41, 5.74) is 0.777. The summed E-state index contributed by atoms with van der Waals surface area (Å²) in [6, 6.07) is 0. The highest BCUT2D eigenvalue weighted by Crippen LogP contribution is 2.17. The molecule has 21 heavy (non-hydrogen) atoms. The lowest BCUT2D eigenvalue weighted by molar-refractivity contribution is 0.768. The van der Waals surface area contributed by atoms with Gasteiger partial charge in [0.05, 0.1) is 6.20 Å². The molecule has 0 saturated carbocycles. The van der Waals surface area contributed by atoms with Gasteiger partial charge in [0.1, 0.15) is 11.6 Å². The SMILES string of the molecule is CCNc1cn2ccnc2c(-n2nc(CC)nc2CC)n1. The first-order valence-corrected chi connectivity index (χ1v) is 7.29. The molecule has 7 nitrogen and oxygen atoms in total. The molecule has 0 aliphatic carbocycles. The standard InChI is InChI=1S/C14H19N7/c1-4-10-17-12(5-2)21(19-10)14-13-16-7-8-20(13)9-11(18-14)15-6-3/h7-9,15H,4-6H2,1-3H3. The second-order valence-electron chi connectivity index (χ2n) is 4.70. The molecule has 0 aliphatic heterocycles. The number of rotatable bonds is 5. The highest BCUT2D eigenvalue weighted by molar-refractivity contribution is 5.58. The van der Waals surface area contributed by atoms with E-state index < -0.39 is 0 Å². The predicted molar refractivity (Wildman–Crippen MR) is 80.8 cm³/mol. The summed E-state index contributed by atoms with van der Waals surface area (Å²) in [7, 11) is 0. The first-order chi connectivity index (χ1) is 10.3. The van der Waals surface area contributed by atoms with E-state index in [0.29, 0.717) is 5.82 Å². The molecule has 0 atom stereocenters. The summed E-state index contributed by atoms with van der Waals surface area (Å²) >= 11 is 0. The molecule has 0 radical (unpaired) electrons. The summed E-state index contributed by atoms with van der Waals surface area (Å²) in [4.78, 5) is 13.6. The third kappa shape index (κ3) is 2.35. The van der Waals surface area contributed by atoms with Crippen molar-refractivity contribution in [2.45, 2.75) is 33.6 Å². The van der Waals surface area contributed by atoms with Gasteiger partial charge < -0.3 is 9.72 Å². The highest BCUT2D eigenvalue weighted by atomic mass is 15.4. The Morgan fingerprint density at radius 2 is 2.00 bits per heavy atom. The minimum absolute atomic E-state index is 0.711. The van der Waals surface area contributed by atoms with E-state index in [2.05, 4.69) is 32.3 Å². The van der Waals surface area contributed by atoms with E-state index in [4.69, 9.17) is 0 Å². The molecule has 0 bridgehead atoms. The number of aryl methyl sites for hydroxylation is 2. The van der Waals surface area contributed by atoms with E-state index in [1.807, 2.05) is 35.3 Å². The summed E-state index contributed by atoms with van der Waals surface area (Å²) in [5, 5.41) is 7.80. The van der Waals surface area contributed by atoms with E-state index in [-0.39, 0.29) is 0 Å². The molecular formula is C14H19N7. The fourth-order valence-corrected chi connectivity index (χ4v) is 2.26. The van der Waals surface area contributed by atoms with E-state index in [0.717, 1.165) is 42.5 Å². The van der Waals surface area contributed by atoms with E-state index >= 15 is 0 Å². The Labute approximate surface area is 123 Å². The predicted octanol–water partition coefficient (Wildman–Crippen LogP) is 1.87. The maximum Gasteiger partial charge on any atom is 0.201 e. The van der Waals surface area contributed by atoms with Gasteiger partial charge in [0, 0.05) is 31.8 Å². The number of aromatic nitrogens is 6. The quantitative estimate of drug-likeness (QED) is 0.774. The summed E-state index contributed by atoms with van der Waals surface area (Å²) in [6.07, 6.45) is 7.20. The molecule has 0 aromatic carbocycles. The van der Waals surface area contributed by atoms with E-state index in [9.17, 15) is 0 Å². The number of hydrogen-bond acceptors (Lipinski definition) is 5. The van der Waals surface area contributed by atoms with Crippen LogP contribution in [0, 0.1) is 0 Å². The van der Waals surface area contributed by atoms with Crippen molar-refractivity contribution in [2.75, 3.05) is 11.9 Å². The molecule has 1 N–H and O–H groups in total. The minimum Gasteiger partial charge on any atom is -0.369 e. The van der Waals surface area contributed by atoms with Crippen LogP contribution in [0.2, 0.25) is 0 Å². The Morgan fingerprint density at radius 3 is 2.71 bits per heavy atom. The molecular weight excluding hydrogens is 266 g/mol. The fourth-order valence-electron chi connectivity index (χ4n) is 2.26. The summed E-state index contributed by atoms with van der Waals surface area (Å²) in [6.45, 7) is 6.97. The third-order valence-electron chi connectivity index (χ3n) is 3.27. The fraction of sp³-hybridized carbons (Fsp3) is 0.429. The van der Waals surface area contributed by atoms with Crippen molar-refractivity contribution in [3.05, 3.63) is 30.2 Å². The Hall–Kier alpha value is -2.44. The van der Waals surface area contributed by atoms with Crippen LogP contribution < -0.4 is 5.32 Å². The molecule has 0 unspecified atom stereocenters. The van der Waals surface area contributed by atoms with Gasteiger partial charge in [-0.25, -0.2) is 15.0 Å². The van der Waals surface area contributed by atoms with Gasteiger partial charge in [-0.05, 0) is 6.92 Å². The van der Waals surface area contributed by atoms with Crippen LogP contribution in [0.15, 0.2) is 18.6 Å². The minimum atomic E-state index is 0.711. The average Bonchev–Trinajstić information content (AvgIpc) is 3.12. The molecule has 7 heteroatoms. The zero-order chi connectivity index (χ0) is 14.8. The number of imidazole rings is 1. The van der Waals surface area contributed by atoms with Gasteiger partial charge in [0.2, 0.25) is 5.82 Å². The lowest BCUT2D eigenvalue weighted by Crippen LogP contribution is -2.10. The van der Waals surface area contributed by atoms with Gasteiger partial charge in [-0.15, -0.1) is 5.10 Å². The average molecular weight is 285 g/mol. The Kier molecular flexibility index (Phi) is 3.55. The van der Waals surface area contributed by atoms with E-state index in [1.54, 1.807) is 6.20 Å². The van der Waals surface area contributed by atoms with Gasteiger partial charge in [-0.3, -0.25) is 0 Å². The number of nitrogens with zero attached hydrogens (tertiary/aromatic N) is 6. The highest BCUT2D eigenvalue weighted by Gasteiger charge is 2.15. The molecule has 3 heterocycles. The van der Waals surface area contributed by atoms with Crippen LogP contribution >= 0.6 is 0 Å². The maximum absolute atomic E-state index is 4.66. The zero-order valence-corrected chi connectivity index (χ0v) is 12.5. The van der Waals surface area contributed by atoms with Crippen LogP contribution in [0.1, 0.15) is 32.4 Å². The molecule has 3 aromatic rings. The number of nitrogens with one attached hydrogen (secondary N) is 1. The lowest BCUT2D eigenvalue weighted by atomic mass is 10.4. The van der Waals surface area contributed by atoms with Crippen molar-refractivity contribution in [1.29, 1.82) is 0 Å². The molecule has 0 fully saturated rings. The van der Waals surface area contributed by atoms with Crippen molar-refractivity contribution < 1.29 is 0 Å². The van der Waals surface area contributed by atoms with Crippen LogP contribution in [-0.4, -0.2) is 35.7 Å². The third-order valence-corrected chi connectivity index (χ3v) is 3.27. The van der Waals surface area contributed by atoms with Crippen molar-refractivity contribution in [2.24, 2.45) is 0 Å². The lowest BCUT2D eigenvalue weighted by Gasteiger charge is -2.09. The molecule has 110 valence electrons. The van der Waals surface area contributed by atoms with Gasteiger partial charge in [0.15, 0.2) is 11.5 Å². The van der Waals surface area contributed by atoms with Gasteiger partial charge in [-0.2, -0.15) is 4.68 Å². The van der Waals surface area contributed by atoms with Crippen molar-refractivity contribution in [3.8, 4) is 5.82 Å². The number of anilines is 1. The summed E-state index contributed by atoms with van der Waals surface area (Å²) < 4.78 is 3.76. The zero-order valence-electron chi connectivity index (χ0n) is 12.5. The molecule has 0 amide bonds. The van der Waals surface area contributed by atoms with Gasteiger partial charge in [-0.1, -0.05) is 13.8 Å². The smallest absolute Gasteiger partial charge is 0.201 e. The second kappa shape index (κ2) is 5.51. The first kappa shape index (κ1) is 13.5. The van der Waals surface area contributed by atoms with Crippen LogP contribution in [0.3, 0.4) is 0 Å². The van der Waals surface area contributed by atoms with Crippen LogP contribution in [0.25, 0.3) is 11.5 Å². The largest absolute Gasteiger partial charge is 0.369 e. The molecule has 0 aliphatic rings. The monoisotopic (exact) mass is 285 g/mol. The van der Waals surface area contributed by atoms with Crippen LogP contribution in [0.4, 0.5) is 5.82 Å². The van der Waals surface area contributed by atoms with Gasteiger partial charge >= 0.3 is 0 Å². The van der Waals surface area contributed by atoms with Crippen molar-refractivity contribution in [3.63, 3.8) is 0 Å². The van der Waals surface area contributed by atoms with Crippen molar-refractivity contribution in [1.82, 2.24) is 29.1 Å². The molecule has 0 saturated heterocycles. The number of fused-ring (bicyclic) bond motifs is 1. The van der Waals surface area contributed by atoms with Gasteiger partial charge in [0.25, 0.3) is 0 Å². The number of hydrogen-bond donors (Lipinski definition) is 1. The Balaban J connectivity index is 2.22. The summed E-state index contributed by atoms with van der Waals surface area (Å²) in [5.74, 6) is 3.24. The molecule has 0 spiro atoms. The van der Waals surface area contributed by atoms with E-state index in [1.165, 1.54) is 0 Å². The molecule has 3 aromatic heterocycles. The molecule has 3 rings (SSSR count). The normalized spacial score (nSPS) is 11.2. The van der Waals surface area contributed by atoms with Crippen molar-refractivity contribution >= 4 is 11.5 Å². The second-order valence-corrected chi connectivity index (χ2v) is 4.70. The first-order valence-electron chi connectivity index (χ1n) is 7.29. The topological polar surface area (TPSA) is 72.9 Å².